The van der Waals surface area contributed by atoms with Crippen molar-refractivity contribution in [1.29, 1.82) is 0 Å². The number of rotatable bonds is 7. The second-order valence-electron chi connectivity index (χ2n) is 5.90. The van der Waals surface area contributed by atoms with Crippen LogP contribution in [0.4, 0.5) is 5.69 Å². The first-order chi connectivity index (χ1) is 12.4. The second-order valence-corrected chi connectivity index (χ2v) is 6.95. The molecule has 0 saturated carbocycles. The van der Waals surface area contributed by atoms with E-state index >= 15 is 0 Å². The molecule has 0 spiro atoms. The van der Waals surface area contributed by atoms with Crippen LogP contribution in [0.3, 0.4) is 0 Å². The first-order valence-corrected chi connectivity index (χ1v) is 9.22. The number of aryl methyl sites for hydroxylation is 2. The van der Waals surface area contributed by atoms with Gasteiger partial charge in [-0.3, -0.25) is 9.59 Å². The quantitative estimate of drug-likeness (QED) is 0.588. The summed E-state index contributed by atoms with van der Waals surface area (Å²) in [6.45, 7) is 5.48. The molecule has 6 heteroatoms. The molecule has 2 aromatic carbocycles. The zero-order valence-electron chi connectivity index (χ0n) is 15.4. The summed E-state index contributed by atoms with van der Waals surface area (Å²) in [6, 6.07) is 13.1. The van der Waals surface area contributed by atoms with Gasteiger partial charge in [-0.1, -0.05) is 17.7 Å². The van der Waals surface area contributed by atoms with Gasteiger partial charge in [-0.25, -0.2) is 0 Å². The Kier molecular flexibility index (Phi) is 7.09. The van der Waals surface area contributed by atoms with Gasteiger partial charge in [0.15, 0.2) is 6.10 Å². The fourth-order valence-electron chi connectivity index (χ4n) is 2.29. The molecule has 1 atom stereocenters. The van der Waals surface area contributed by atoms with E-state index < -0.39 is 12.1 Å². The molecule has 0 unspecified atom stereocenters. The molecule has 0 aliphatic carbocycles. The molecule has 0 aliphatic heterocycles. The van der Waals surface area contributed by atoms with Gasteiger partial charge in [0.1, 0.15) is 5.75 Å². The van der Waals surface area contributed by atoms with Crippen molar-refractivity contribution in [2.24, 2.45) is 0 Å². The Morgan fingerprint density at radius 1 is 1.12 bits per heavy atom. The van der Waals surface area contributed by atoms with Crippen molar-refractivity contribution in [2.45, 2.75) is 31.8 Å². The summed E-state index contributed by atoms with van der Waals surface area (Å²) in [5, 5.41) is 2.79. The van der Waals surface area contributed by atoms with Crippen molar-refractivity contribution >= 4 is 29.3 Å². The van der Waals surface area contributed by atoms with Crippen molar-refractivity contribution in [1.82, 2.24) is 0 Å². The van der Waals surface area contributed by atoms with E-state index in [1.807, 2.05) is 56.3 Å². The zero-order valence-corrected chi connectivity index (χ0v) is 16.2. The van der Waals surface area contributed by atoms with Gasteiger partial charge < -0.3 is 14.8 Å². The van der Waals surface area contributed by atoms with E-state index in [1.54, 1.807) is 14.0 Å². The highest BCUT2D eigenvalue weighted by Crippen LogP contribution is 2.21. The lowest BCUT2D eigenvalue weighted by Gasteiger charge is -2.15. The lowest BCUT2D eigenvalue weighted by molar-refractivity contribution is -0.150. The van der Waals surface area contributed by atoms with Crippen molar-refractivity contribution < 1.29 is 19.1 Å². The molecule has 0 aromatic heterocycles. The standard InChI is InChI=1S/C20H23NO4S/c1-13-5-10-18(14(2)11-13)21-20(23)15(3)25-19(22)12-26-17-8-6-16(24-4)7-9-17/h5-11,15H,12H2,1-4H3,(H,21,23)/t15-/m0/s1. The fraction of sp³-hybridized carbons (Fsp3) is 0.300. The Balaban J connectivity index is 1.82. The summed E-state index contributed by atoms with van der Waals surface area (Å²) >= 11 is 1.35. The van der Waals surface area contributed by atoms with Gasteiger partial charge in [0.05, 0.1) is 12.9 Å². The fourth-order valence-corrected chi connectivity index (χ4v) is 2.97. The van der Waals surface area contributed by atoms with Crippen molar-refractivity contribution in [2.75, 3.05) is 18.2 Å². The SMILES string of the molecule is COc1ccc(SCC(=O)O[C@@H](C)C(=O)Nc2ccc(C)cc2C)cc1. The number of hydrogen-bond acceptors (Lipinski definition) is 5. The molecule has 2 aromatic rings. The number of methoxy groups -OCH3 is 1. The van der Waals surface area contributed by atoms with Crippen LogP contribution in [0.25, 0.3) is 0 Å². The Bertz CT molecular complexity index is 774. The summed E-state index contributed by atoms with van der Waals surface area (Å²) in [4.78, 5) is 25.1. The Morgan fingerprint density at radius 3 is 2.42 bits per heavy atom. The first-order valence-electron chi connectivity index (χ1n) is 8.23. The number of carbonyl (C=O) groups excluding carboxylic acids is 2. The number of anilines is 1. The summed E-state index contributed by atoms with van der Waals surface area (Å²) in [5.74, 6) is 0.107. The van der Waals surface area contributed by atoms with Gasteiger partial charge in [0.25, 0.3) is 5.91 Å². The van der Waals surface area contributed by atoms with Crippen molar-refractivity contribution in [3.05, 3.63) is 53.6 Å². The number of benzene rings is 2. The van der Waals surface area contributed by atoms with E-state index in [4.69, 9.17) is 9.47 Å². The molecule has 0 radical (unpaired) electrons. The average molecular weight is 373 g/mol. The van der Waals surface area contributed by atoms with Crippen molar-refractivity contribution in [3.63, 3.8) is 0 Å². The minimum atomic E-state index is -0.861. The zero-order chi connectivity index (χ0) is 19.1. The van der Waals surface area contributed by atoms with E-state index in [0.717, 1.165) is 27.5 Å². The molecule has 0 fully saturated rings. The normalized spacial score (nSPS) is 11.5. The topological polar surface area (TPSA) is 64.6 Å². The summed E-state index contributed by atoms with van der Waals surface area (Å²) < 4.78 is 10.3. The van der Waals surface area contributed by atoms with Gasteiger partial charge in [-0.15, -0.1) is 11.8 Å². The Hall–Kier alpha value is -2.47. The number of ether oxygens (including phenoxy) is 2. The van der Waals surface area contributed by atoms with Crippen LogP contribution in [0, 0.1) is 13.8 Å². The maximum absolute atomic E-state index is 12.2. The minimum absolute atomic E-state index is 0.132. The Morgan fingerprint density at radius 2 is 1.81 bits per heavy atom. The Labute approximate surface area is 158 Å². The predicted molar refractivity (Wildman–Crippen MR) is 104 cm³/mol. The third kappa shape index (κ3) is 5.81. The van der Waals surface area contributed by atoms with Gasteiger partial charge >= 0.3 is 5.97 Å². The van der Waals surface area contributed by atoms with Gasteiger partial charge in [-0.2, -0.15) is 0 Å². The van der Waals surface area contributed by atoms with Crippen LogP contribution in [-0.2, 0) is 14.3 Å². The van der Waals surface area contributed by atoms with Crippen molar-refractivity contribution in [3.8, 4) is 5.75 Å². The molecule has 0 heterocycles. The smallest absolute Gasteiger partial charge is 0.317 e. The molecular weight excluding hydrogens is 350 g/mol. The molecule has 0 aliphatic rings. The number of thioether (sulfide) groups is 1. The van der Waals surface area contributed by atoms with Crippen LogP contribution in [0.2, 0.25) is 0 Å². The van der Waals surface area contributed by atoms with Crippen LogP contribution in [0.1, 0.15) is 18.1 Å². The number of carbonyl (C=O) groups is 2. The van der Waals surface area contributed by atoms with Gasteiger partial charge in [0, 0.05) is 10.6 Å². The number of hydrogen-bond donors (Lipinski definition) is 1. The van der Waals surface area contributed by atoms with E-state index in [2.05, 4.69) is 5.32 Å². The highest BCUT2D eigenvalue weighted by Gasteiger charge is 2.18. The van der Waals surface area contributed by atoms with Gasteiger partial charge in [-0.05, 0) is 56.7 Å². The monoisotopic (exact) mass is 373 g/mol. The molecule has 5 nitrogen and oxygen atoms in total. The highest BCUT2D eigenvalue weighted by atomic mass is 32.2. The van der Waals surface area contributed by atoms with E-state index in [1.165, 1.54) is 11.8 Å². The number of nitrogens with one attached hydrogen (secondary N) is 1. The molecular formula is C20H23NO4S. The summed E-state index contributed by atoms with van der Waals surface area (Å²) in [6.07, 6.45) is -0.861. The third-order valence-electron chi connectivity index (χ3n) is 3.73. The number of amides is 1. The average Bonchev–Trinajstić information content (AvgIpc) is 2.62. The summed E-state index contributed by atoms with van der Waals surface area (Å²) in [7, 11) is 1.60. The van der Waals surface area contributed by atoms with E-state index in [0.29, 0.717) is 0 Å². The third-order valence-corrected chi connectivity index (χ3v) is 4.72. The van der Waals surface area contributed by atoms with Crippen LogP contribution in [0.15, 0.2) is 47.4 Å². The maximum Gasteiger partial charge on any atom is 0.317 e. The molecule has 0 saturated heterocycles. The molecule has 138 valence electrons. The van der Waals surface area contributed by atoms with Crippen LogP contribution in [0.5, 0.6) is 5.75 Å². The highest BCUT2D eigenvalue weighted by molar-refractivity contribution is 8.00. The van der Waals surface area contributed by atoms with E-state index in [9.17, 15) is 9.59 Å². The van der Waals surface area contributed by atoms with Crippen LogP contribution < -0.4 is 10.1 Å². The van der Waals surface area contributed by atoms with E-state index in [-0.39, 0.29) is 11.7 Å². The summed E-state index contributed by atoms with van der Waals surface area (Å²) in [5.41, 5.74) is 2.80. The lowest BCUT2D eigenvalue weighted by atomic mass is 10.1. The van der Waals surface area contributed by atoms with Crippen LogP contribution >= 0.6 is 11.8 Å². The molecule has 0 bridgehead atoms. The predicted octanol–water partition coefficient (Wildman–Crippen LogP) is 3.97. The first kappa shape index (κ1) is 19.8. The number of esters is 1. The van der Waals surface area contributed by atoms with Crippen LogP contribution in [-0.4, -0.2) is 30.8 Å². The molecule has 1 amide bonds. The maximum atomic E-state index is 12.2. The molecule has 1 N–H and O–H groups in total. The lowest BCUT2D eigenvalue weighted by Crippen LogP contribution is -2.30. The second kappa shape index (κ2) is 9.29. The van der Waals surface area contributed by atoms with Gasteiger partial charge in [0.2, 0.25) is 0 Å². The minimum Gasteiger partial charge on any atom is -0.497 e. The molecule has 26 heavy (non-hydrogen) atoms. The largest absolute Gasteiger partial charge is 0.497 e. The molecule has 2 rings (SSSR count).